The quantitative estimate of drug-likeness (QED) is 0.490. The summed E-state index contributed by atoms with van der Waals surface area (Å²) >= 11 is 0.890. The van der Waals surface area contributed by atoms with Crippen LogP contribution in [0.2, 0.25) is 0 Å². The number of aliphatic hydroxyl groups excluding tert-OH is 1. The van der Waals surface area contributed by atoms with Crippen LogP contribution in [0, 0.1) is 0 Å². The van der Waals surface area contributed by atoms with E-state index in [-0.39, 0.29) is 18.3 Å². The fourth-order valence-electron chi connectivity index (χ4n) is 1.25. The van der Waals surface area contributed by atoms with E-state index in [4.69, 9.17) is 10.8 Å². The van der Waals surface area contributed by atoms with Gasteiger partial charge in [-0.15, -0.1) is 12.4 Å². The summed E-state index contributed by atoms with van der Waals surface area (Å²) in [6, 6.07) is 7.35. The van der Waals surface area contributed by atoms with Crippen molar-refractivity contribution < 1.29 is 9.90 Å². The molecular formula is C12H19ClN2O2S. The van der Waals surface area contributed by atoms with Gasteiger partial charge in [0.2, 0.25) is 0 Å². The van der Waals surface area contributed by atoms with Crippen LogP contribution < -0.4 is 11.1 Å². The standard InChI is InChI=1S/C12H18N2O2S.ClH/c1-9(15)17-8-10-2-4-11(5-3-10)12(16)14-7-6-13;/h2-5,15,17H,6-8,13H2,1H3,(H,14,16);1H. The van der Waals surface area contributed by atoms with Gasteiger partial charge in [-0.2, -0.15) is 11.4 Å². The molecule has 0 radical (unpaired) electrons. The Morgan fingerprint density at radius 1 is 1.39 bits per heavy atom. The first-order chi connectivity index (χ1) is 8.13. The van der Waals surface area contributed by atoms with Gasteiger partial charge in [-0.3, -0.25) is 4.79 Å². The number of hydrogen-bond acceptors (Lipinski definition) is 2. The molecule has 4 N–H and O–H groups in total. The molecule has 0 unspecified atom stereocenters. The number of halogens is 1. The maximum Gasteiger partial charge on any atom is 0.251 e. The summed E-state index contributed by atoms with van der Waals surface area (Å²) in [6.07, 6.45) is 0. The van der Waals surface area contributed by atoms with Gasteiger partial charge in [0.1, 0.15) is 0 Å². The Labute approximate surface area is 117 Å². The fourth-order valence-corrected chi connectivity index (χ4v) is 1.88. The Morgan fingerprint density at radius 3 is 2.50 bits per heavy atom. The van der Waals surface area contributed by atoms with E-state index in [0.717, 1.165) is 22.7 Å². The van der Waals surface area contributed by atoms with Crippen LogP contribution >= 0.6 is 23.8 Å². The highest BCUT2D eigenvalue weighted by Crippen LogP contribution is 2.09. The zero-order chi connectivity index (χ0) is 12.7. The van der Waals surface area contributed by atoms with Gasteiger partial charge in [-0.05, 0) is 24.6 Å². The van der Waals surface area contributed by atoms with Crippen molar-refractivity contribution in [1.82, 2.24) is 5.32 Å². The number of thiol groups is 1. The van der Waals surface area contributed by atoms with Gasteiger partial charge < -0.3 is 16.2 Å². The monoisotopic (exact) mass is 290 g/mol. The Hall–Kier alpha value is -0.880. The number of aliphatic hydroxyl groups is 1. The summed E-state index contributed by atoms with van der Waals surface area (Å²) in [6.45, 7) is 2.60. The van der Waals surface area contributed by atoms with E-state index in [2.05, 4.69) is 5.32 Å². The lowest BCUT2D eigenvalue weighted by Gasteiger charge is -2.04. The number of carbonyl (C=O) groups excluding carboxylic acids is 1. The molecule has 1 rings (SSSR count). The molecule has 0 bridgehead atoms. The zero-order valence-electron chi connectivity index (χ0n) is 10.2. The second kappa shape index (κ2) is 9.10. The lowest BCUT2D eigenvalue weighted by molar-refractivity contribution is 0.0955. The predicted molar refractivity (Wildman–Crippen MR) is 81.1 cm³/mol. The molecule has 6 heteroatoms. The van der Waals surface area contributed by atoms with Crippen molar-refractivity contribution in [3.8, 4) is 0 Å². The molecule has 1 aromatic carbocycles. The average Bonchev–Trinajstić information content (AvgIpc) is 2.34. The van der Waals surface area contributed by atoms with Crippen LogP contribution in [0.25, 0.3) is 0 Å². The lowest BCUT2D eigenvalue weighted by atomic mass is 10.1. The van der Waals surface area contributed by atoms with E-state index < -0.39 is 0 Å². The highest BCUT2D eigenvalue weighted by atomic mass is 35.5. The second-order valence-electron chi connectivity index (χ2n) is 3.60. The van der Waals surface area contributed by atoms with Gasteiger partial charge >= 0.3 is 0 Å². The maximum absolute atomic E-state index is 11.6. The molecular weight excluding hydrogens is 272 g/mol. The summed E-state index contributed by atoms with van der Waals surface area (Å²) in [5.41, 5.74) is 7.03. The first kappa shape index (κ1) is 17.1. The molecule has 0 aromatic heterocycles. The number of carbonyl (C=O) groups is 1. The summed E-state index contributed by atoms with van der Waals surface area (Å²) in [5, 5.41) is 12.2. The topological polar surface area (TPSA) is 75.3 Å². The molecule has 1 amide bonds. The molecule has 0 fully saturated rings. The summed E-state index contributed by atoms with van der Waals surface area (Å²) in [5.74, 6) is 0.650. The second-order valence-corrected chi connectivity index (χ2v) is 4.88. The van der Waals surface area contributed by atoms with Crippen LogP contribution in [-0.2, 0) is 5.75 Å². The highest BCUT2D eigenvalue weighted by Gasteiger charge is 2.03. The molecule has 0 spiro atoms. The molecule has 0 aliphatic heterocycles. The lowest BCUT2D eigenvalue weighted by Crippen LogP contribution is -2.28. The number of rotatable bonds is 5. The molecule has 0 saturated heterocycles. The van der Waals surface area contributed by atoms with Crippen LogP contribution in [0.3, 0.4) is 0 Å². The van der Waals surface area contributed by atoms with E-state index in [1.807, 2.05) is 12.1 Å². The Balaban J connectivity index is 0.00000289. The van der Waals surface area contributed by atoms with Crippen LogP contribution in [0.1, 0.15) is 22.8 Å². The van der Waals surface area contributed by atoms with Crippen molar-refractivity contribution in [3.05, 3.63) is 35.4 Å². The van der Waals surface area contributed by atoms with E-state index in [1.54, 1.807) is 19.1 Å². The summed E-state index contributed by atoms with van der Waals surface area (Å²) in [7, 11) is 0. The number of nitrogens with one attached hydrogen (secondary N) is 1. The first-order valence-corrected chi connectivity index (χ1v) is 6.48. The van der Waals surface area contributed by atoms with Crippen LogP contribution in [0.5, 0.6) is 0 Å². The van der Waals surface area contributed by atoms with E-state index in [9.17, 15) is 4.79 Å². The number of hydrogen-bond donors (Lipinski definition) is 4. The number of nitrogens with two attached hydrogens (primary N) is 1. The molecule has 18 heavy (non-hydrogen) atoms. The normalized spacial score (nSPS) is 11.2. The molecule has 0 aliphatic carbocycles. The van der Waals surface area contributed by atoms with Gasteiger partial charge in [0, 0.05) is 24.4 Å². The molecule has 0 aliphatic rings. The third-order valence-corrected chi connectivity index (χ3v) is 3.12. The van der Waals surface area contributed by atoms with Crippen molar-refractivity contribution in [2.75, 3.05) is 13.1 Å². The SMILES string of the molecule is CC(O)=[SH]Cc1ccc(C(=O)NCCN)cc1.Cl. The van der Waals surface area contributed by atoms with Crippen molar-refractivity contribution in [1.29, 1.82) is 0 Å². The highest BCUT2D eigenvalue weighted by molar-refractivity contribution is 7.97. The van der Waals surface area contributed by atoms with Crippen LogP contribution in [0.4, 0.5) is 0 Å². The number of benzene rings is 1. The molecule has 1 aromatic rings. The Kier molecular flexibility index (Phi) is 8.66. The first-order valence-electron chi connectivity index (χ1n) is 5.40. The minimum atomic E-state index is -0.107. The van der Waals surface area contributed by atoms with E-state index in [1.165, 1.54) is 0 Å². The summed E-state index contributed by atoms with van der Waals surface area (Å²) in [4.78, 5) is 11.6. The largest absolute Gasteiger partial charge is 0.360 e. The van der Waals surface area contributed by atoms with Crippen molar-refractivity contribution in [3.63, 3.8) is 0 Å². The van der Waals surface area contributed by atoms with Crippen molar-refractivity contribution in [2.24, 2.45) is 5.73 Å². The molecule has 0 atom stereocenters. The Bertz CT molecular complexity index is 403. The molecule has 0 heterocycles. The number of amides is 1. The smallest absolute Gasteiger partial charge is 0.251 e. The molecule has 102 valence electrons. The van der Waals surface area contributed by atoms with Crippen LogP contribution in [-0.4, -0.2) is 29.2 Å². The summed E-state index contributed by atoms with van der Waals surface area (Å²) < 4.78 is 0. The minimum absolute atomic E-state index is 0. The van der Waals surface area contributed by atoms with Gasteiger partial charge in [-0.1, -0.05) is 12.1 Å². The maximum atomic E-state index is 11.6. The van der Waals surface area contributed by atoms with Gasteiger partial charge in [0.15, 0.2) is 0 Å². The molecule has 0 saturated carbocycles. The van der Waals surface area contributed by atoms with Crippen LogP contribution in [0.15, 0.2) is 24.3 Å². The van der Waals surface area contributed by atoms with Gasteiger partial charge in [0.05, 0.1) is 5.05 Å². The van der Waals surface area contributed by atoms with E-state index >= 15 is 0 Å². The third-order valence-electron chi connectivity index (χ3n) is 2.14. The van der Waals surface area contributed by atoms with E-state index in [0.29, 0.717) is 23.7 Å². The van der Waals surface area contributed by atoms with Gasteiger partial charge in [-0.25, -0.2) is 0 Å². The fraction of sp³-hybridized carbons (Fsp3) is 0.333. The zero-order valence-corrected chi connectivity index (χ0v) is 11.9. The van der Waals surface area contributed by atoms with Crippen molar-refractivity contribution in [2.45, 2.75) is 12.7 Å². The predicted octanol–water partition coefficient (Wildman–Crippen LogP) is 1.47. The van der Waals surface area contributed by atoms with Gasteiger partial charge in [0.25, 0.3) is 5.91 Å². The average molecular weight is 291 g/mol. The third kappa shape index (κ3) is 6.16. The molecule has 4 nitrogen and oxygen atoms in total. The Morgan fingerprint density at radius 2 is 2.00 bits per heavy atom. The van der Waals surface area contributed by atoms with Crippen molar-refractivity contribution >= 4 is 34.7 Å². The minimum Gasteiger partial charge on any atom is -0.360 e.